The molecule has 102 valence electrons. The van der Waals surface area contributed by atoms with Crippen molar-refractivity contribution in [2.24, 2.45) is 12.8 Å². The Morgan fingerprint density at radius 2 is 2.16 bits per heavy atom. The third-order valence-corrected chi connectivity index (χ3v) is 3.83. The molecule has 2 aromatic rings. The first-order valence-electron chi connectivity index (χ1n) is 6.67. The van der Waals surface area contributed by atoms with E-state index in [2.05, 4.69) is 29.1 Å². The fourth-order valence-corrected chi connectivity index (χ4v) is 2.28. The number of aromatic nitrogens is 4. The quantitative estimate of drug-likeness (QED) is 0.912. The summed E-state index contributed by atoms with van der Waals surface area (Å²) in [6.45, 7) is 4.21. The van der Waals surface area contributed by atoms with Crippen LogP contribution in [0.5, 0.6) is 0 Å². The van der Waals surface area contributed by atoms with Crippen LogP contribution in [-0.2, 0) is 12.6 Å². The minimum absolute atomic E-state index is 0.370. The van der Waals surface area contributed by atoms with E-state index < -0.39 is 0 Å². The summed E-state index contributed by atoms with van der Waals surface area (Å²) in [5.74, 6) is 1.48. The molecule has 0 amide bonds. The van der Waals surface area contributed by atoms with Crippen molar-refractivity contribution >= 4 is 0 Å². The lowest BCUT2D eigenvalue weighted by Crippen LogP contribution is -2.44. The largest absolute Gasteiger partial charge is 0.332 e. The molecule has 0 aliphatic heterocycles. The fraction of sp³-hybridized carbons (Fsp3) is 0.615. The van der Waals surface area contributed by atoms with Gasteiger partial charge in [-0.05, 0) is 31.2 Å². The van der Waals surface area contributed by atoms with E-state index >= 15 is 0 Å². The fourth-order valence-electron chi connectivity index (χ4n) is 2.28. The van der Waals surface area contributed by atoms with Gasteiger partial charge in [-0.15, -0.1) is 0 Å². The van der Waals surface area contributed by atoms with Gasteiger partial charge in [-0.1, -0.05) is 19.0 Å². The normalized spacial score (nSPS) is 17.7. The maximum Gasteiger partial charge on any atom is 0.276 e. The van der Waals surface area contributed by atoms with Gasteiger partial charge in [0.05, 0.1) is 11.2 Å². The summed E-state index contributed by atoms with van der Waals surface area (Å²) in [5, 5.41) is 8.48. The third kappa shape index (κ3) is 1.96. The van der Waals surface area contributed by atoms with Crippen LogP contribution in [0.15, 0.2) is 10.6 Å². The first kappa shape index (κ1) is 12.3. The molecule has 0 atom stereocenters. The molecule has 1 saturated carbocycles. The average Bonchev–Trinajstić information content (AvgIpc) is 2.92. The lowest BCUT2D eigenvalue weighted by atomic mass is 9.77. The van der Waals surface area contributed by atoms with E-state index in [1.165, 1.54) is 0 Å². The molecule has 0 spiro atoms. The second-order valence-corrected chi connectivity index (χ2v) is 5.67. The molecule has 2 aromatic heterocycles. The van der Waals surface area contributed by atoms with Gasteiger partial charge in [-0.2, -0.15) is 10.1 Å². The van der Waals surface area contributed by atoms with Crippen molar-refractivity contribution in [3.05, 3.63) is 17.6 Å². The highest BCUT2D eigenvalue weighted by Gasteiger charge is 2.39. The zero-order valence-corrected chi connectivity index (χ0v) is 11.6. The van der Waals surface area contributed by atoms with Crippen molar-refractivity contribution in [1.82, 2.24) is 19.9 Å². The maximum absolute atomic E-state index is 6.20. The Morgan fingerprint density at radius 3 is 2.68 bits per heavy atom. The van der Waals surface area contributed by atoms with Crippen LogP contribution in [0.25, 0.3) is 11.6 Å². The van der Waals surface area contributed by atoms with Crippen LogP contribution in [0.2, 0.25) is 0 Å². The minimum atomic E-state index is -0.388. The second kappa shape index (κ2) is 4.16. The van der Waals surface area contributed by atoms with Crippen LogP contribution in [0.4, 0.5) is 0 Å². The van der Waals surface area contributed by atoms with Gasteiger partial charge in [0.25, 0.3) is 5.89 Å². The molecule has 2 heterocycles. The van der Waals surface area contributed by atoms with Crippen molar-refractivity contribution in [3.8, 4) is 11.6 Å². The third-order valence-electron chi connectivity index (χ3n) is 3.83. The Bertz CT molecular complexity index is 594. The summed E-state index contributed by atoms with van der Waals surface area (Å²) in [6.07, 6.45) is 2.98. The number of nitrogens with two attached hydrogens (primary N) is 1. The Balaban J connectivity index is 1.94. The topological polar surface area (TPSA) is 82.8 Å². The lowest BCUT2D eigenvalue weighted by Gasteiger charge is -2.34. The van der Waals surface area contributed by atoms with Gasteiger partial charge in [-0.3, -0.25) is 4.68 Å². The summed E-state index contributed by atoms with van der Waals surface area (Å²) in [5.41, 5.74) is 7.67. The van der Waals surface area contributed by atoms with E-state index in [9.17, 15) is 0 Å². The maximum atomic E-state index is 6.20. The van der Waals surface area contributed by atoms with Crippen molar-refractivity contribution in [3.63, 3.8) is 0 Å². The number of rotatable bonds is 3. The number of nitrogens with zero attached hydrogens (tertiary/aromatic N) is 4. The van der Waals surface area contributed by atoms with Gasteiger partial charge in [0.15, 0.2) is 5.82 Å². The molecule has 3 rings (SSSR count). The molecule has 2 N–H and O–H groups in total. The highest BCUT2D eigenvalue weighted by molar-refractivity contribution is 5.48. The van der Waals surface area contributed by atoms with Gasteiger partial charge >= 0.3 is 0 Å². The number of hydrogen-bond donors (Lipinski definition) is 1. The van der Waals surface area contributed by atoms with Crippen LogP contribution in [0, 0.1) is 0 Å². The van der Waals surface area contributed by atoms with E-state index in [1.54, 1.807) is 4.68 Å². The molecule has 0 aromatic carbocycles. The first-order chi connectivity index (χ1) is 8.99. The zero-order valence-electron chi connectivity index (χ0n) is 11.6. The Morgan fingerprint density at radius 1 is 1.42 bits per heavy atom. The summed E-state index contributed by atoms with van der Waals surface area (Å²) >= 11 is 0. The Kier molecular flexibility index (Phi) is 2.70. The predicted molar refractivity (Wildman–Crippen MR) is 70.3 cm³/mol. The molecular formula is C13H19N5O. The van der Waals surface area contributed by atoms with E-state index in [-0.39, 0.29) is 5.54 Å². The molecule has 1 aliphatic carbocycles. The summed E-state index contributed by atoms with van der Waals surface area (Å²) in [4.78, 5) is 4.44. The van der Waals surface area contributed by atoms with Crippen LogP contribution in [0.1, 0.15) is 50.5 Å². The Labute approximate surface area is 112 Å². The number of hydrogen-bond acceptors (Lipinski definition) is 5. The van der Waals surface area contributed by atoms with Crippen LogP contribution in [0.3, 0.4) is 0 Å². The van der Waals surface area contributed by atoms with Gasteiger partial charge in [-0.25, -0.2) is 0 Å². The van der Waals surface area contributed by atoms with Crippen molar-refractivity contribution in [2.75, 3.05) is 0 Å². The molecular weight excluding hydrogens is 242 g/mol. The van der Waals surface area contributed by atoms with Crippen LogP contribution < -0.4 is 5.73 Å². The van der Waals surface area contributed by atoms with Crippen molar-refractivity contribution in [2.45, 2.75) is 44.6 Å². The van der Waals surface area contributed by atoms with Crippen LogP contribution >= 0.6 is 0 Å². The predicted octanol–water partition coefficient (Wildman–Crippen LogP) is 1.93. The molecule has 1 fully saturated rings. The average molecular weight is 261 g/mol. The SMILES string of the molecule is CC(C)c1cc(-c2nc(C3(N)CCC3)no2)n(C)n1. The zero-order chi connectivity index (χ0) is 13.6. The van der Waals surface area contributed by atoms with E-state index in [0.717, 1.165) is 30.7 Å². The highest BCUT2D eigenvalue weighted by atomic mass is 16.5. The summed E-state index contributed by atoms with van der Waals surface area (Å²) in [6, 6.07) is 1.99. The van der Waals surface area contributed by atoms with E-state index in [4.69, 9.17) is 10.3 Å². The summed E-state index contributed by atoms with van der Waals surface area (Å²) < 4.78 is 7.12. The first-order valence-corrected chi connectivity index (χ1v) is 6.67. The molecule has 0 unspecified atom stereocenters. The van der Waals surface area contributed by atoms with Gasteiger partial charge in [0, 0.05) is 7.05 Å². The minimum Gasteiger partial charge on any atom is -0.332 e. The van der Waals surface area contributed by atoms with E-state index in [0.29, 0.717) is 17.6 Å². The van der Waals surface area contributed by atoms with Gasteiger partial charge in [0.1, 0.15) is 5.69 Å². The standard InChI is InChI=1S/C13H19N5O/c1-8(2)9-7-10(18(3)16-9)11-15-12(17-19-11)13(14)5-4-6-13/h7-8H,4-6,14H2,1-3H3. The molecule has 0 saturated heterocycles. The van der Waals surface area contributed by atoms with Crippen LogP contribution in [-0.4, -0.2) is 19.9 Å². The molecule has 1 aliphatic rings. The van der Waals surface area contributed by atoms with Crippen molar-refractivity contribution in [1.29, 1.82) is 0 Å². The van der Waals surface area contributed by atoms with Gasteiger partial charge in [0.2, 0.25) is 0 Å². The smallest absolute Gasteiger partial charge is 0.276 e. The molecule has 0 radical (unpaired) electrons. The van der Waals surface area contributed by atoms with E-state index in [1.807, 2.05) is 13.1 Å². The summed E-state index contributed by atoms with van der Waals surface area (Å²) in [7, 11) is 1.88. The highest BCUT2D eigenvalue weighted by Crippen LogP contribution is 2.37. The Hall–Kier alpha value is -1.69. The van der Waals surface area contributed by atoms with Crippen molar-refractivity contribution < 1.29 is 4.52 Å². The molecule has 6 nitrogen and oxygen atoms in total. The second-order valence-electron chi connectivity index (χ2n) is 5.67. The monoisotopic (exact) mass is 261 g/mol. The molecule has 0 bridgehead atoms. The molecule has 6 heteroatoms. The molecule has 19 heavy (non-hydrogen) atoms. The van der Waals surface area contributed by atoms with Gasteiger partial charge < -0.3 is 10.3 Å². The number of aryl methyl sites for hydroxylation is 1. The lowest BCUT2D eigenvalue weighted by molar-refractivity contribution is 0.229.